The lowest BCUT2D eigenvalue weighted by molar-refractivity contribution is 0.381. The van der Waals surface area contributed by atoms with Gasteiger partial charge in [-0.1, -0.05) is 54.6 Å². The first-order valence-electron chi connectivity index (χ1n) is 10.1. The summed E-state index contributed by atoms with van der Waals surface area (Å²) in [4.78, 5) is 10.1. The number of fused-ring (bicyclic) bond motifs is 1. The van der Waals surface area contributed by atoms with Crippen LogP contribution in [0, 0.1) is 0 Å². The second-order valence-corrected chi connectivity index (χ2v) is 7.65. The molecule has 29 heavy (non-hydrogen) atoms. The Labute approximate surface area is 171 Å². The normalized spacial score (nSPS) is 18.8. The van der Waals surface area contributed by atoms with Crippen LogP contribution >= 0.6 is 0 Å². The van der Waals surface area contributed by atoms with E-state index < -0.39 is 0 Å². The van der Waals surface area contributed by atoms with E-state index in [1.807, 2.05) is 6.20 Å². The maximum Gasteiger partial charge on any atom is 0.143 e. The van der Waals surface area contributed by atoms with Crippen molar-refractivity contribution < 1.29 is 0 Å². The molecule has 0 radical (unpaired) electrons. The average molecular weight is 382 g/mol. The van der Waals surface area contributed by atoms with Crippen molar-refractivity contribution >= 4 is 17.1 Å². The number of aromatic amines is 1. The summed E-state index contributed by atoms with van der Waals surface area (Å²) in [5, 5.41) is 0. The highest BCUT2D eigenvalue weighted by Gasteiger charge is 2.39. The predicted octanol–water partition coefficient (Wildman–Crippen LogP) is 5.27. The average Bonchev–Trinajstić information content (AvgIpc) is 3.24. The van der Waals surface area contributed by atoms with Crippen LogP contribution in [0.2, 0.25) is 0 Å². The van der Waals surface area contributed by atoms with Crippen LogP contribution in [0.3, 0.4) is 0 Å². The predicted molar refractivity (Wildman–Crippen MR) is 119 cm³/mol. The van der Waals surface area contributed by atoms with Gasteiger partial charge < -0.3 is 9.88 Å². The zero-order valence-electron chi connectivity index (χ0n) is 16.4. The molecule has 0 spiro atoms. The van der Waals surface area contributed by atoms with E-state index in [0.29, 0.717) is 0 Å². The zero-order chi connectivity index (χ0) is 19.5. The summed E-state index contributed by atoms with van der Waals surface area (Å²) in [7, 11) is 0. The number of anilines is 1. The molecule has 3 aromatic carbocycles. The van der Waals surface area contributed by atoms with Crippen molar-refractivity contribution in [3.8, 4) is 0 Å². The summed E-state index contributed by atoms with van der Waals surface area (Å²) in [6, 6.07) is 30.5. The molecule has 0 aliphatic carbocycles. The molecule has 0 bridgehead atoms. The molecule has 1 aliphatic rings. The molecular weight excluding hydrogens is 356 g/mol. The molecule has 1 aliphatic heterocycles. The Bertz CT molecular complexity index is 1060. The van der Waals surface area contributed by atoms with Crippen molar-refractivity contribution in [3.05, 3.63) is 109 Å². The van der Waals surface area contributed by atoms with Crippen LogP contribution in [0.15, 0.2) is 97.5 Å². The van der Waals surface area contributed by atoms with E-state index in [1.54, 1.807) is 6.33 Å². The molecule has 1 atom stereocenters. The molecule has 1 unspecified atom stereocenters. The van der Waals surface area contributed by atoms with Gasteiger partial charge in [0, 0.05) is 17.8 Å². The number of imidazole rings is 1. The van der Waals surface area contributed by atoms with E-state index in [9.17, 15) is 0 Å². The minimum atomic E-state index is 0.780. The Hall–Kier alpha value is -3.37. The van der Waals surface area contributed by atoms with Crippen LogP contribution in [-0.4, -0.2) is 23.1 Å². The molecule has 0 saturated carbocycles. The number of hydrogen-bond acceptors (Lipinski definition) is 2. The van der Waals surface area contributed by atoms with Crippen LogP contribution in [-0.2, 0) is 13.1 Å². The number of rotatable bonds is 4. The Morgan fingerprint density at radius 1 is 0.862 bits per heavy atom. The zero-order valence-corrected chi connectivity index (χ0v) is 16.4. The van der Waals surface area contributed by atoms with Gasteiger partial charge in [0.1, 0.15) is 24.5 Å². The number of aromatic nitrogens is 2. The smallest absolute Gasteiger partial charge is 0.143 e. The van der Waals surface area contributed by atoms with E-state index in [-0.39, 0.29) is 0 Å². The number of para-hydroxylation sites is 3. The molecule has 144 valence electrons. The molecule has 5 rings (SSSR count). The topological polar surface area (TPSA) is 31.9 Å². The standard InChI is InChI=1S/C25H25N4/c1-3-10-23(11-4-1)28-15-16-29(19-22-17-26-20-27-22,24-12-5-2-6-13-24)25-14-8-7-9-21(25)18-28/h1-14,17,20H,15-16,18-19H2,(H,26,27)/q+1. The fourth-order valence-electron chi connectivity index (χ4n) is 4.52. The lowest BCUT2D eigenvalue weighted by Crippen LogP contribution is -2.47. The van der Waals surface area contributed by atoms with Gasteiger partial charge in [-0.3, -0.25) is 4.48 Å². The molecule has 1 aromatic heterocycles. The van der Waals surface area contributed by atoms with Gasteiger partial charge in [-0.05, 0) is 30.3 Å². The van der Waals surface area contributed by atoms with Crippen LogP contribution in [0.5, 0.6) is 0 Å². The first-order valence-corrected chi connectivity index (χ1v) is 10.1. The summed E-state index contributed by atoms with van der Waals surface area (Å²) < 4.78 is 0.780. The molecule has 4 aromatic rings. The molecule has 0 fully saturated rings. The van der Waals surface area contributed by atoms with E-state index >= 15 is 0 Å². The third-order valence-corrected chi connectivity index (χ3v) is 5.93. The summed E-state index contributed by atoms with van der Waals surface area (Å²) in [5.41, 5.74) is 6.47. The van der Waals surface area contributed by atoms with Gasteiger partial charge in [0.25, 0.3) is 0 Å². The summed E-state index contributed by atoms with van der Waals surface area (Å²) in [6.07, 6.45) is 3.72. The molecule has 0 amide bonds. The minimum absolute atomic E-state index is 0.780. The molecule has 1 N–H and O–H groups in total. The van der Waals surface area contributed by atoms with E-state index in [0.717, 1.165) is 36.4 Å². The molecule has 0 saturated heterocycles. The maximum absolute atomic E-state index is 4.28. The van der Waals surface area contributed by atoms with Crippen LogP contribution in [0.25, 0.3) is 0 Å². The highest BCUT2D eigenvalue weighted by atomic mass is 15.4. The summed E-state index contributed by atoms with van der Waals surface area (Å²) >= 11 is 0. The Balaban J connectivity index is 1.66. The van der Waals surface area contributed by atoms with Crippen molar-refractivity contribution in [2.75, 3.05) is 18.0 Å². The van der Waals surface area contributed by atoms with Crippen molar-refractivity contribution in [2.45, 2.75) is 13.1 Å². The third kappa shape index (κ3) is 3.32. The quantitative estimate of drug-likeness (QED) is 0.489. The summed E-state index contributed by atoms with van der Waals surface area (Å²) in [6.45, 7) is 3.72. The number of nitrogens with zero attached hydrogens (tertiary/aromatic N) is 3. The van der Waals surface area contributed by atoms with Gasteiger partial charge in [-0.15, -0.1) is 0 Å². The van der Waals surface area contributed by atoms with Gasteiger partial charge in [0.05, 0.1) is 24.8 Å². The maximum atomic E-state index is 4.28. The van der Waals surface area contributed by atoms with Crippen molar-refractivity contribution in [1.29, 1.82) is 0 Å². The largest absolute Gasteiger partial charge is 0.361 e. The second-order valence-electron chi connectivity index (χ2n) is 7.65. The fourth-order valence-corrected chi connectivity index (χ4v) is 4.52. The highest BCUT2D eigenvalue weighted by molar-refractivity contribution is 5.64. The van der Waals surface area contributed by atoms with Gasteiger partial charge in [0.2, 0.25) is 0 Å². The SMILES string of the molecule is c1ccc(N2CC[N+](Cc3cnc[nH]3)(c3ccccc3)c3ccccc3C2)cc1. The number of H-pyrrole nitrogens is 1. The number of nitrogens with one attached hydrogen (secondary N) is 1. The molecule has 4 heteroatoms. The number of hydrogen-bond donors (Lipinski definition) is 1. The van der Waals surface area contributed by atoms with Crippen LogP contribution in [0.1, 0.15) is 11.3 Å². The van der Waals surface area contributed by atoms with Gasteiger partial charge in [-0.2, -0.15) is 0 Å². The molecule has 2 heterocycles. The van der Waals surface area contributed by atoms with Crippen LogP contribution in [0.4, 0.5) is 17.1 Å². The molecular formula is C25H25N4+. The van der Waals surface area contributed by atoms with Crippen LogP contribution < -0.4 is 9.38 Å². The monoisotopic (exact) mass is 381 g/mol. The summed E-state index contributed by atoms with van der Waals surface area (Å²) in [5.74, 6) is 0. The minimum Gasteiger partial charge on any atom is -0.361 e. The van der Waals surface area contributed by atoms with E-state index in [4.69, 9.17) is 0 Å². The van der Waals surface area contributed by atoms with E-state index in [2.05, 4.69) is 99.8 Å². The van der Waals surface area contributed by atoms with Gasteiger partial charge in [0.15, 0.2) is 0 Å². The lowest BCUT2D eigenvalue weighted by atomic mass is 10.1. The van der Waals surface area contributed by atoms with Crippen molar-refractivity contribution in [2.24, 2.45) is 0 Å². The fraction of sp³-hybridized carbons (Fsp3) is 0.160. The van der Waals surface area contributed by atoms with Crippen molar-refractivity contribution in [1.82, 2.24) is 14.5 Å². The Kier molecular flexibility index (Phi) is 4.62. The first-order chi connectivity index (χ1) is 14.4. The molecule has 4 nitrogen and oxygen atoms in total. The number of quaternary nitrogens is 1. The Morgan fingerprint density at radius 2 is 1.59 bits per heavy atom. The third-order valence-electron chi connectivity index (χ3n) is 5.93. The van der Waals surface area contributed by atoms with Gasteiger partial charge >= 0.3 is 0 Å². The Morgan fingerprint density at radius 3 is 2.34 bits per heavy atom. The number of benzene rings is 3. The van der Waals surface area contributed by atoms with E-state index in [1.165, 1.54) is 22.6 Å². The first kappa shape index (κ1) is 17.7. The van der Waals surface area contributed by atoms with Crippen molar-refractivity contribution in [3.63, 3.8) is 0 Å². The second kappa shape index (κ2) is 7.57. The lowest BCUT2D eigenvalue weighted by Gasteiger charge is -2.37. The van der Waals surface area contributed by atoms with Gasteiger partial charge in [-0.25, -0.2) is 4.98 Å². The highest BCUT2D eigenvalue weighted by Crippen LogP contribution is 2.41.